The Morgan fingerprint density at radius 3 is 3.11 bits per heavy atom. The SMILES string of the molecule is CC(C)c1cc(CN2CCC[C@@H]2c2nccs2)no1. The van der Waals surface area contributed by atoms with E-state index in [0.717, 1.165) is 24.5 Å². The second-order valence-electron chi connectivity index (χ2n) is 5.37. The highest BCUT2D eigenvalue weighted by Gasteiger charge is 2.28. The van der Waals surface area contributed by atoms with E-state index in [2.05, 4.69) is 40.3 Å². The van der Waals surface area contributed by atoms with Gasteiger partial charge in [-0.3, -0.25) is 4.90 Å². The first-order valence-corrected chi connectivity index (χ1v) is 7.71. The van der Waals surface area contributed by atoms with E-state index in [4.69, 9.17) is 4.52 Å². The minimum Gasteiger partial charge on any atom is -0.361 e. The maximum absolute atomic E-state index is 5.37. The molecule has 0 radical (unpaired) electrons. The van der Waals surface area contributed by atoms with Gasteiger partial charge < -0.3 is 4.52 Å². The molecule has 0 saturated carbocycles. The molecule has 1 fully saturated rings. The molecule has 0 amide bonds. The molecular weight excluding hydrogens is 258 g/mol. The molecule has 19 heavy (non-hydrogen) atoms. The Balaban J connectivity index is 1.71. The zero-order valence-corrected chi connectivity index (χ0v) is 12.2. The van der Waals surface area contributed by atoms with Gasteiger partial charge in [0.05, 0.1) is 11.7 Å². The number of nitrogens with zero attached hydrogens (tertiary/aromatic N) is 3. The van der Waals surface area contributed by atoms with Crippen molar-refractivity contribution in [3.8, 4) is 0 Å². The molecule has 3 rings (SSSR count). The summed E-state index contributed by atoms with van der Waals surface area (Å²) >= 11 is 1.75. The fourth-order valence-corrected chi connectivity index (χ4v) is 3.38. The monoisotopic (exact) mass is 277 g/mol. The molecule has 0 bridgehead atoms. The molecule has 0 unspecified atom stereocenters. The second-order valence-corrected chi connectivity index (χ2v) is 6.30. The first-order valence-electron chi connectivity index (χ1n) is 6.83. The summed E-state index contributed by atoms with van der Waals surface area (Å²) in [6.45, 7) is 6.23. The molecular formula is C14H19N3OS. The Bertz CT molecular complexity index is 521. The van der Waals surface area contributed by atoms with Crippen LogP contribution < -0.4 is 0 Å². The Hall–Kier alpha value is -1.20. The van der Waals surface area contributed by atoms with Gasteiger partial charge in [-0.15, -0.1) is 11.3 Å². The molecule has 1 saturated heterocycles. The molecule has 2 aromatic heterocycles. The summed E-state index contributed by atoms with van der Waals surface area (Å²) in [7, 11) is 0. The Kier molecular flexibility index (Phi) is 3.66. The third-order valence-corrected chi connectivity index (χ3v) is 4.49. The zero-order chi connectivity index (χ0) is 13.2. The lowest BCUT2D eigenvalue weighted by molar-refractivity contribution is 0.239. The number of likely N-dealkylation sites (tertiary alicyclic amines) is 1. The van der Waals surface area contributed by atoms with Crippen LogP contribution in [0.2, 0.25) is 0 Å². The maximum atomic E-state index is 5.37. The molecule has 0 N–H and O–H groups in total. The summed E-state index contributed by atoms with van der Waals surface area (Å²) in [5, 5.41) is 7.46. The van der Waals surface area contributed by atoms with Gasteiger partial charge in [0.2, 0.25) is 0 Å². The maximum Gasteiger partial charge on any atom is 0.139 e. The van der Waals surface area contributed by atoms with Gasteiger partial charge in [0.25, 0.3) is 0 Å². The third-order valence-electron chi connectivity index (χ3n) is 3.61. The van der Waals surface area contributed by atoms with Gasteiger partial charge in [-0.25, -0.2) is 4.98 Å². The van der Waals surface area contributed by atoms with Crippen molar-refractivity contribution in [1.82, 2.24) is 15.0 Å². The highest BCUT2D eigenvalue weighted by Crippen LogP contribution is 2.34. The predicted molar refractivity (Wildman–Crippen MR) is 75.1 cm³/mol. The number of hydrogen-bond donors (Lipinski definition) is 0. The van der Waals surface area contributed by atoms with Gasteiger partial charge in [-0.05, 0) is 19.4 Å². The van der Waals surface area contributed by atoms with Crippen molar-refractivity contribution in [2.24, 2.45) is 0 Å². The van der Waals surface area contributed by atoms with Crippen LogP contribution in [0.1, 0.15) is 55.1 Å². The molecule has 0 spiro atoms. The van der Waals surface area contributed by atoms with Crippen LogP contribution in [0.15, 0.2) is 22.2 Å². The lowest BCUT2D eigenvalue weighted by atomic mass is 10.1. The summed E-state index contributed by atoms with van der Waals surface area (Å²) < 4.78 is 5.37. The van der Waals surface area contributed by atoms with E-state index in [0.29, 0.717) is 12.0 Å². The summed E-state index contributed by atoms with van der Waals surface area (Å²) in [4.78, 5) is 6.92. The summed E-state index contributed by atoms with van der Waals surface area (Å²) in [6.07, 6.45) is 4.32. The van der Waals surface area contributed by atoms with Crippen molar-refractivity contribution >= 4 is 11.3 Å². The van der Waals surface area contributed by atoms with Gasteiger partial charge in [-0.2, -0.15) is 0 Å². The van der Waals surface area contributed by atoms with E-state index in [1.807, 2.05) is 6.20 Å². The Morgan fingerprint density at radius 2 is 2.42 bits per heavy atom. The molecule has 3 heterocycles. The average molecular weight is 277 g/mol. The van der Waals surface area contributed by atoms with Crippen molar-refractivity contribution in [3.05, 3.63) is 34.1 Å². The highest BCUT2D eigenvalue weighted by atomic mass is 32.1. The number of aromatic nitrogens is 2. The first kappa shape index (κ1) is 12.8. The fraction of sp³-hybridized carbons (Fsp3) is 0.571. The van der Waals surface area contributed by atoms with E-state index in [9.17, 15) is 0 Å². The number of thiazole rings is 1. The topological polar surface area (TPSA) is 42.2 Å². The molecule has 0 aliphatic carbocycles. The van der Waals surface area contributed by atoms with Crippen molar-refractivity contribution < 1.29 is 4.52 Å². The van der Waals surface area contributed by atoms with E-state index < -0.39 is 0 Å². The number of rotatable bonds is 4. The van der Waals surface area contributed by atoms with Crippen LogP contribution in [0.5, 0.6) is 0 Å². The lowest BCUT2D eigenvalue weighted by Crippen LogP contribution is -2.22. The lowest BCUT2D eigenvalue weighted by Gasteiger charge is -2.21. The van der Waals surface area contributed by atoms with E-state index in [1.54, 1.807) is 11.3 Å². The average Bonchev–Trinajstić information content (AvgIpc) is 3.09. The first-order chi connectivity index (χ1) is 9.24. The molecule has 4 nitrogen and oxygen atoms in total. The van der Waals surface area contributed by atoms with Gasteiger partial charge >= 0.3 is 0 Å². The molecule has 0 aromatic carbocycles. The van der Waals surface area contributed by atoms with Crippen LogP contribution in [0.3, 0.4) is 0 Å². The third kappa shape index (κ3) is 2.72. The summed E-state index contributed by atoms with van der Waals surface area (Å²) in [6, 6.07) is 2.54. The van der Waals surface area contributed by atoms with Crippen LogP contribution in [0.25, 0.3) is 0 Å². The predicted octanol–water partition coefficient (Wildman–Crippen LogP) is 3.59. The molecule has 1 aliphatic rings. The van der Waals surface area contributed by atoms with Crippen molar-refractivity contribution in [2.45, 2.75) is 45.2 Å². The van der Waals surface area contributed by atoms with Crippen LogP contribution >= 0.6 is 11.3 Å². The normalized spacial score (nSPS) is 20.5. The van der Waals surface area contributed by atoms with E-state index in [1.165, 1.54) is 17.8 Å². The van der Waals surface area contributed by atoms with Crippen LogP contribution in [-0.4, -0.2) is 21.6 Å². The molecule has 1 atom stereocenters. The van der Waals surface area contributed by atoms with E-state index in [-0.39, 0.29) is 0 Å². The molecule has 2 aromatic rings. The minimum atomic E-state index is 0.398. The second kappa shape index (κ2) is 5.43. The summed E-state index contributed by atoms with van der Waals surface area (Å²) in [5.41, 5.74) is 1.03. The van der Waals surface area contributed by atoms with Crippen LogP contribution in [0, 0.1) is 0 Å². The van der Waals surface area contributed by atoms with Crippen molar-refractivity contribution in [3.63, 3.8) is 0 Å². The quantitative estimate of drug-likeness (QED) is 0.856. The molecule has 5 heteroatoms. The standard InChI is InChI=1S/C14H19N3OS/c1-10(2)13-8-11(16-18-13)9-17-6-3-4-12(17)14-15-5-7-19-14/h5,7-8,10,12H,3-4,6,9H2,1-2H3/t12-/m1/s1. The summed E-state index contributed by atoms with van der Waals surface area (Å²) in [5.74, 6) is 1.37. The van der Waals surface area contributed by atoms with Crippen molar-refractivity contribution in [2.75, 3.05) is 6.54 Å². The van der Waals surface area contributed by atoms with Crippen LogP contribution in [-0.2, 0) is 6.54 Å². The minimum absolute atomic E-state index is 0.398. The van der Waals surface area contributed by atoms with Gasteiger partial charge in [0, 0.05) is 30.1 Å². The van der Waals surface area contributed by atoms with Gasteiger partial charge in [0.15, 0.2) is 0 Å². The smallest absolute Gasteiger partial charge is 0.139 e. The molecule has 1 aliphatic heterocycles. The largest absolute Gasteiger partial charge is 0.361 e. The zero-order valence-electron chi connectivity index (χ0n) is 11.4. The Labute approximate surface area is 117 Å². The highest BCUT2D eigenvalue weighted by molar-refractivity contribution is 7.09. The van der Waals surface area contributed by atoms with Crippen LogP contribution in [0.4, 0.5) is 0 Å². The van der Waals surface area contributed by atoms with Gasteiger partial charge in [0.1, 0.15) is 10.8 Å². The van der Waals surface area contributed by atoms with Gasteiger partial charge in [-0.1, -0.05) is 19.0 Å². The Morgan fingerprint density at radius 1 is 1.53 bits per heavy atom. The van der Waals surface area contributed by atoms with Crippen molar-refractivity contribution in [1.29, 1.82) is 0 Å². The van der Waals surface area contributed by atoms with E-state index >= 15 is 0 Å². The molecule has 102 valence electrons. The number of hydrogen-bond acceptors (Lipinski definition) is 5. The fourth-order valence-electron chi connectivity index (χ4n) is 2.58.